The van der Waals surface area contributed by atoms with Crippen LogP contribution in [0.25, 0.3) is 16.9 Å². The lowest BCUT2D eigenvalue weighted by molar-refractivity contribution is 0.415. The SMILES string of the molecule is COc1ccc(-n2c(C)ccc2-c2ccccc2S(N)(=O)=O)cc1Cl. The van der Waals surface area contributed by atoms with Gasteiger partial charge in [0.25, 0.3) is 0 Å². The Bertz CT molecular complexity index is 1040. The highest BCUT2D eigenvalue weighted by Crippen LogP contribution is 2.33. The number of aryl methyl sites for hydroxylation is 1. The van der Waals surface area contributed by atoms with Gasteiger partial charge in [0.05, 0.1) is 22.7 Å². The molecule has 2 aromatic carbocycles. The van der Waals surface area contributed by atoms with Crippen LogP contribution in [-0.2, 0) is 10.0 Å². The van der Waals surface area contributed by atoms with Crippen molar-refractivity contribution in [2.45, 2.75) is 11.8 Å². The molecule has 0 fully saturated rings. The van der Waals surface area contributed by atoms with E-state index in [1.165, 1.54) is 6.07 Å². The Morgan fingerprint density at radius 3 is 2.44 bits per heavy atom. The van der Waals surface area contributed by atoms with Crippen LogP contribution in [0.15, 0.2) is 59.5 Å². The van der Waals surface area contributed by atoms with Crippen molar-refractivity contribution in [2.24, 2.45) is 5.14 Å². The third-order valence-corrected chi connectivity index (χ3v) is 5.20. The quantitative estimate of drug-likeness (QED) is 0.753. The zero-order valence-corrected chi connectivity index (χ0v) is 15.3. The van der Waals surface area contributed by atoms with Gasteiger partial charge in [0, 0.05) is 16.9 Å². The van der Waals surface area contributed by atoms with Crippen molar-refractivity contribution in [3.05, 3.63) is 65.3 Å². The summed E-state index contributed by atoms with van der Waals surface area (Å²) in [7, 11) is -2.30. The fourth-order valence-electron chi connectivity index (χ4n) is 2.81. The lowest BCUT2D eigenvalue weighted by Gasteiger charge is -2.15. The fourth-order valence-corrected chi connectivity index (χ4v) is 3.81. The molecule has 0 bridgehead atoms. The molecule has 1 heterocycles. The summed E-state index contributed by atoms with van der Waals surface area (Å²) >= 11 is 6.25. The number of aromatic nitrogens is 1. The largest absolute Gasteiger partial charge is 0.495 e. The van der Waals surface area contributed by atoms with Gasteiger partial charge in [-0.15, -0.1) is 0 Å². The predicted octanol–water partition coefficient (Wildman–Crippen LogP) is 3.76. The first-order valence-corrected chi connectivity index (χ1v) is 9.40. The number of sulfonamides is 1. The number of hydrogen-bond acceptors (Lipinski definition) is 3. The number of ether oxygens (including phenoxy) is 1. The summed E-state index contributed by atoms with van der Waals surface area (Å²) in [5.41, 5.74) is 2.97. The van der Waals surface area contributed by atoms with Crippen LogP contribution in [0.3, 0.4) is 0 Å². The molecule has 0 saturated heterocycles. The average Bonchev–Trinajstić information content (AvgIpc) is 2.95. The second kappa shape index (κ2) is 6.55. The van der Waals surface area contributed by atoms with E-state index in [0.717, 1.165) is 11.4 Å². The van der Waals surface area contributed by atoms with E-state index >= 15 is 0 Å². The van der Waals surface area contributed by atoms with Crippen molar-refractivity contribution < 1.29 is 13.2 Å². The minimum absolute atomic E-state index is 0.0777. The van der Waals surface area contributed by atoms with E-state index in [0.29, 0.717) is 22.0 Å². The van der Waals surface area contributed by atoms with E-state index in [1.54, 1.807) is 37.4 Å². The minimum atomic E-state index is -3.85. The molecule has 0 aliphatic carbocycles. The Morgan fingerprint density at radius 1 is 1.08 bits per heavy atom. The maximum absolute atomic E-state index is 12.0. The molecule has 0 saturated carbocycles. The Morgan fingerprint density at radius 2 is 1.80 bits per heavy atom. The van der Waals surface area contributed by atoms with E-state index in [9.17, 15) is 8.42 Å². The zero-order valence-electron chi connectivity index (χ0n) is 13.7. The molecule has 7 heteroatoms. The van der Waals surface area contributed by atoms with Crippen molar-refractivity contribution in [1.29, 1.82) is 0 Å². The van der Waals surface area contributed by atoms with Crippen molar-refractivity contribution in [3.8, 4) is 22.7 Å². The van der Waals surface area contributed by atoms with E-state index in [1.807, 2.05) is 29.7 Å². The van der Waals surface area contributed by atoms with Gasteiger partial charge in [0.2, 0.25) is 10.0 Å². The first kappa shape index (κ1) is 17.5. The Balaban J connectivity index is 2.25. The summed E-state index contributed by atoms with van der Waals surface area (Å²) in [6.45, 7) is 1.93. The summed E-state index contributed by atoms with van der Waals surface area (Å²) < 4.78 is 31.0. The molecule has 0 radical (unpaired) electrons. The minimum Gasteiger partial charge on any atom is -0.495 e. The summed E-state index contributed by atoms with van der Waals surface area (Å²) in [6.07, 6.45) is 0. The van der Waals surface area contributed by atoms with Crippen LogP contribution in [0, 0.1) is 6.92 Å². The molecule has 0 aliphatic rings. The normalized spacial score (nSPS) is 11.5. The van der Waals surface area contributed by atoms with E-state index in [4.69, 9.17) is 21.5 Å². The molecule has 3 rings (SSSR count). The van der Waals surface area contributed by atoms with E-state index < -0.39 is 10.0 Å². The van der Waals surface area contributed by atoms with Crippen LogP contribution in [0.2, 0.25) is 5.02 Å². The summed E-state index contributed by atoms with van der Waals surface area (Å²) in [6, 6.07) is 15.8. The van der Waals surface area contributed by atoms with Crippen LogP contribution in [0.1, 0.15) is 5.69 Å². The molecule has 130 valence electrons. The molecular weight excluding hydrogens is 360 g/mol. The van der Waals surface area contributed by atoms with Gasteiger partial charge in [-0.05, 0) is 43.3 Å². The number of halogens is 1. The van der Waals surface area contributed by atoms with Gasteiger partial charge in [-0.3, -0.25) is 0 Å². The molecule has 0 unspecified atom stereocenters. The summed E-state index contributed by atoms with van der Waals surface area (Å²) in [5.74, 6) is 0.571. The van der Waals surface area contributed by atoms with Crippen LogP contribution in [0.5, 0.6) is 5.75 Å². The monoisotopic (exact) mass is 376 g/mol. The smallest absolute Gasteiger partial charge is 0.238 e. The Labute approximate surface area is 151 Å². The molecule has 2 N–H and O–H groups in total. The van der Waals surface area contributed by atoms with Crippen LogP contribution in [0.4, 0.5) is 0 Å². The summed E-state index contributed by atoms with van der Waals surface area (Å²) in [5, 5.41) is 5.85. The molecule has 3 aromatic rings. The van der Waals surface area contributed by atoms with E-state index in [-0.39, 0.29) is 4.90 Å². The second-order valence-corrected chi connectivity index (χ2v) is 7.49. The number of benzene rings is 2. The maximum atomic E-state index is 12.0. The Kier molecular flexibility index (Phi) is 4.60. The highest BCUT2D eigenvalue weighted by molar-refractivity contribution is 7.89. The van der Waals surface area contributed by atoms with E-state index in [2.05, 4.69) is 0 Å². The first-order valence-electron chi connectivity index (χ1n) is 7.47. The highest BCUT2D eigenvalue weighted by atomic mass is 35.5. The van der Waals surface area contributed by atoms with Gasteiger partial charge >= 0.3 is 0 Å². The second-order valence-electron chi connectivity index (χ2n) is 5.56. The van der Waals surface area contributed by atoms with Crippen molar-refractivity contribution in [2.75, 3.05) is 7.11 Å². The van der Waals surface area contributed by atoms with Crippen LogP contribution in [-0.4, -0.2) is 20.1 Å². The number of nitrogens with zero attached hydrogens (tertiary/aromatic N) is 1. The number of rotatable bonds is 4. The lowest BCUT2D eigenvalue weighted by Crippen LogP contribution is -2.14. The zero-order chi connectivity index (χ0) is 18.2. The molecule has 25 heavy (non-hydrogen) atoms. The third-order valence-electron chi connectivity index (χ3n) is 3.94. The van der Waals surface area contributed by atoms with Gasteiger partial charge in [-0.25, -0.2) is 13.6 Å². The van der Waals surface area contributed by atoms with Gasteiger partial charge in [0.1, 0.15) is 5.75 Å². The van der Waals surface area contributed by atoms with Gasteiger partial charge < -0.3 is 9.30 Å². The molecular formula is C18H17ClN2O3S. The maximum Gasteiger partial charge on any atom is 0.238 e. The van der Waals surface area contributed by atoms with Crippen LogP contribution >= 0.6 is 11.6 Å². The number of hydrogen-bond donors (Lipinski definition) is 1. The molecule has 0 spiro atoms. The third kappa shape index (κ3) is 3.28. The highest BCUT2D eigenvalue weighted by Gasteiger charge is 2.19. The standard InChI is InChI=1S/C18H17ClN2O3S/c1-12-7-9-16(14-5-3-4-6-18(14)25(20,22)23)21(12)13-8-10-17(24-2)15(19)11-13/h3-11H,1-2H3,(H2,20,22,23). The van der Waals surface area contributed by atoms with Crippen molar-refractivity contribution in [1.82, 2.24) is 4.57 Å². The number of nitrogens with two attached hydrogens (primary N) is 1. The fraction of sp³-hybridized carbons (Fsp3) is 0.111. The molecule has 0 amide bonds. The molecule has 1 aromatic heterocycles. The Hall–Kier alpha value is -2.28. The summed E-state index contributed by atoms with van der Waals surface area (Å²) in [4.78, 5) is 0.0777. The number of primary sulfonamides is 1. The van der Waals surface area contributed by atoms with Crippen LogP contribution < -0.4 is 9.88 Å². The molecule has 0 atom stereocenters. The molecule has 5 nitrogen and oxygen atoms in total. The van der Waals surface area contributed by atoms with Crippen molar-refractivity contribution in [3.63, 3.8) is 0 Å². The first-order chi connectivity index (χ1) is 11.8. The average molecular weight is 377 g/mol. The molecule has 0 aliphatic heterocycles. The topological polar surface area (TPSA) is 74.3 Å². The van der Waals surface area contributed by atoms with Gasteiger partial charge in [-0.2, -0.15) is 0 Å². The van der Waals surface area contributed by atoms with Crippen molar-refractivity contribution >= 4 is 21.6 Å². The number of methoxy groups -OCH3 is 1. The predicted molar refractivity (Wildman–Crippen MR) is 98.9 cm³/mol. The lowest BCUT2D eigenvalue weighted by atomic mass is 10.1. The van der Waals surface area contributed by atoms with Gasteiger partial charge in [-0.1, -0.05) is 29.8 Å². The van der Waals surface area contributed by atoms with Gasteiger partial charge in [0.15, 0.2) is 0 Å².